The minimum Gasteiger partial charge on any atom is -0.497 e. The highest BCUT2D eigenvalue weighted by molar-refractivity contribution is 7.22. The Bertz CT molecular complexity index is 1010. The van der Waals surface area contributed by atoms with Crippen molar-refractivity contribution < 1.29 is 19.0 Å². The number of thiazole rings is 1. The minimum absolute atomic E-state index is 0.139. The van der Waals surface area contributed by atoms with Gasteiger partial charge in [-0.3, -0.25) is 9.69 Å². The summed E-state index contributed by atoms with van der Waals surface area (Å²) in [5, 5.41) is 0.661. The molecule has 0 aliphatic rings. The first-order valence-electron chi connectivity index (χ1n) is 10.2. The molecule has 3 rings (SSSR count). The molecule has 2 aromatic carbocycles. The molecule has 0 N–H and O–H groups in total. The summed E-state index contributed by atoms with van der Waals surface area (Å²) in [6.07, 6.45) is 0.819. The van der Waals surface area contributed by atoms with Crippen molar-refractivity contribution in [2.24, 2.45) is 0 Å². The second kappa shape index (κ2) is 10.5. The summed E-state index contributed by atoms with van der Waals surface area (Å²) in [7, 11) is 7.18. The van der Waals surface area contributed by atoms with Crippen LogP contribution in [0.1, 0.15) is 23.7 Å². The van der Waals surface area contributed by atoms with Crippen LogP contribution in [0.2, 0.25) is 0 Å². The molecule has 0 aliphatic carbocycles. The zero-order valence-corrected chi connectivity index (χ0v) is 19.5. The van der Waals surface area contributed by atoms with Crippen LogP contribution in [-0.2, 0) is 0 Å². The molecule has 0 spiro atoms. The van der Waals surface area contributed by atoms with E-state index in [4.69, 9.17) is 19.2 Å². The Hall–Kier alpha value is -2.84. The molecule has 1 heterocycles. The fraction of sp³-hybridized carbons (Fsp3) is 0.391. The molecule has 0 aliphatic heterocycles. The average Bonchev–Trinajstić information content (AvgIpc) is 3.18. The van der Waals surface area contributed by atoms with E-state index in [-0.39, 0.29) is 5.91 Å². The molecule has 7 nitrogen and oxygen atoms in total. The largest absolute Gasteiger partial charge is 0.497 e. The summed E-state index contributed by atoms with van der Waals surface area (Å²) < 4.78 is 17.3. The predicted molar refractivity (Wildman–Crippen MR) is 125 cm³/mol. The number of rotatable bonds is 10. The maximum absolute atomic E-state index is 13.5. The van der Waals surface area contributed by atoms with Gasteiger partial charge in [0.2, 0.25) is 0 Å². The van der Waals surface area contributed by atoms with Crippen molar-refractivity contribution in [3.05, 3.63) is 42.0 Å². The highest BCUT2D eigenvalue weighted by Crippen LogP contribution is 2.33. The molecular weight excluding hydrogens is 414 g/mol. The highest BCUT2D eigenvalue weighted by atomic mass is 32.1. The van der Waals surface area contributed by atoms with Crippen LogP contribution in [0, 0.1) is 0 Å². The lowest BCUT2D eigenvalue weighted by atomic mass is 10.1. The molecule has 31 heavy (non-hydrogen) atoms. The number of benzene rings is 2. The van der Waals surface area contributed by atoms with Crippen LogP contribution in [0.25, 0.3) is 10.2 Å². The number of ether oxygens (including phenoxy) is 3. The van der Waals surface area contributed by atoms with Crippen molar-refractivity contribution in [2.75, 3.05) is 52.9 Å². The molecule has 3 aromatic rings. The van der Waals surface area contributed by atoms with Crippen LogP contribution < -0.4 is 19.1 Å². The summed E-state index contributed by atoms with van der Waals surface area (Å²) >= 11 is 1.49. The third-order valence-corrected chi connectivity index (χ3v) is 5.76. The number of hydrogen-bond acceptors (Lipinski definition) is 7. The van der Waals surface area contributed by atoms with Crippen molar-refractivity contribution in [2.45, 2.75) is 13.3 Å². The van der Waals surface area contributed by atoms with Gasteiger partial charge in [0, 0.05) is 18.2 Å². The molecule has 0 unspecified atom stereocenters. The third kappa shape index (κ3) is 5.65. The van der Waals surface area contributed by atoms with Crippen molar-refractivity contribution in [1.82, 2.24) is 9.88 Å². The first kappa shape index (κ1) is 22.8. The number of hydrogen-bond donors (Lipinski definition) is 0. The van der Waals surface area contributed by atoms with Gasteiger partial charge in [0.1, 0.15) is 17.2 Å². The summed E-state index contributed by atoms with van der Waals surface area (Å²) in [6.45, 7) is 3.97. The molecule has 0 radical (unpaired) electrons. The van der Waals surface area contributed by atoms with E-state index in [1.807, 2.05) is 39.2 Å². The standard InChI is InChI=1S/C23H29N3O4S/c1-6-30-17-8-9-20-21(15-17)31-23(24-20)26(11-7-10-25(2)3)22(27)16-12-18(28-4)14-19(13-16)29-5/h8-9,12-15H,6-7,10-11H2,1-5H3. The van der Waals surface area contributed by atoms with Gasteiger partial charge in [-0.15, -0.1) is 0 Å². The van der Waals surface area contributed by atoms with E-state index in [1.165, 1.54) is 11.3 Å². The zero-order valence-electron chi connectivity index (χ0n) is 18.7. The van der Waals surface area contributed by atoms with Gasteiger partial charge in [0.15, 0.2) is 5.13 Å². The van der Waals surface area contributed by atoms with Gasteiger partial charge in [0.05, 0.1) is 31.0 Å². The summed E-state index contributed by atoms with van der Waals surface area (Å²) in [6, 6.07) is 11.0. The Morgan fingerprint density at radius 1 is 1.00 bits per heavy atom. The van der Waals surface area contributed by atoms with Crippen molar-refractivity contribution in [1.29, 1.82) is 0 Å². The Balaban J connectivity index is 1.97. The first-order valence-corrected chi connectivity index (χ1v) is 11.0. The molecule has 0 fully saturated rings. The molecule has 0 atom stereocenters. The van der Waals surface area contributed by atoms with Crippen LogP contribution in [0.15, 0.2) is 36.4 Å². The van der Waals surface area contributed by atoms with E-state index in [0.717, 1.165) is 28.9 Å². The van der Waals surface area contributed by atoms with Crippen LogP contribution in [0.5, 0.6) is 17.2 Å². The van der Waals surface area contributed by atoms with E-state index in [9.17, 15) is 4.79 Å². The van der Waals surface area contributed by atoms with Gasteiger partial charge in [-0.2, -0.15) is 0 Å². The minimum atomic E-state index is -0.139. The normalized spacial score (nSPS) is 11.0. The van der Waals surface area contributed by atoms with Gasteiger partial charge in [0.25, 0.3) is 5.91 Å². The van der Waals surface area contributed by atoms with Crippen LogP contribution >= 0.6 is 11.3 Å². The molecule has 166 valence electrons. The van der Waals surface area contributed by atoms with Gasteiger partial charge in [-0.05, 0) is 64.3 Å². The summed E-state index contributed by atoms with van der Waals surface area (Å²) in [4.78, 5) is 22.1. The lowest BCUT2D eigenvalue weighted by molar-refractivity contribution is 0.0985. The quantitative estimate of drug-likeness (QED) is 0.465. The SMILES string of the molecule is CCOc1ccc2nc(N(CCCN(C)C)C(=O)c3cc(OC)cc(OC)c3)sc2c1. The van der Waals surface area contributed by atoms with E-state index in [1.54, 1.807) is 37.3 Å². The Morgan fingerprint density at radius 3 is 2.32 bits per heavy atom. The Kier molecular flexibility index (Phi) is 7.70. The van der Waals surface area contributed by atoms with Crippen LogP contribution in [0.3, 0.4) is 0 Å². The third-order valence-electron chi connectivity index (χ3n) is 4.72. The molecular formula is C23H29N3O4S. The smallest absolute Gasteiger partial charge is 0.260 e. The fourth-order valence-corrected chi connectivity index (χ4v) is 4.20. The number of anilines is 1. The molecule has 0 bridgehead atoms. The molecule has 0 saturated carbocycles. The molecule has 8 heteroatoms. The van der Waals surface area contributed by atoms with Gasteiger partial charge in [-0.25, -0.2) is 4.98 Å². The Morgan fingerprint density at radius 2 is 1.71 bits per heavy atom. The maximum Gasteiger partial charge on any atom is 0.260 e. The lowest BCUT2D eigenvalue weighted by Gasteiger charge is -2.21. The maximum atomic E-state index is 13.5. The van der Waals surface area contributed by atoms with Crippen molar-refractivity contribution >= 4 is 32.6 Å². The van der Waals surface area contributed by atoms with Gasteiger partial charge >= 0.3 is 0 Å². The second-order valence-electron chi connectivity index (χ2n) is 7.27. The van der Waals surface area contributed by atoms with Crippen molar-refractivity contribution in [3.8, 4) is 17.2 Å². The van der Waals surface area contributed by atoms with E-state index in [0.29, 0.717) is 35.3 Å². The van der Waals surface area contributed by atoms with Gasteiger partial charge in [-0.1, -0.05) is 11.3 Å². The average molecular weight is 444 g/mol. The topological polar surface area (TPSA) is 64.1 Å². The summed E-state index contributed by atoms with van der Waals surface area (Å²) in [5.41, 5.74) is 1.34. The second-order valence-corrected chi connectivity index (χ2v) is 8.28. The number of amides is 1. The van der Waals surface area contributed by atoms with Crippen LogP contribution in [0.4, 0.5) is 5.13 Å². The van der Waals surface area contributed by atoms with Crippen molar-refractivity contribution in [3.63, 3.8) is 0 Å². The van der Waals surface area contributed by atoms with E-state index < -0.39 is 0 Å². The zero-order chi connectivity index (χ0) is 22.4. The monoisotopic (exact) mass is 443 g/mol. The number of carbonyl (C=O) groups is 1. The Labute approximate surface area is 187 Å². The first-order chi connectivity index (χ1) is 14.9. The lowest BCUT2D eigenvalue weighted by Crippen LogP contribution is -2.33. The predicted octanol–water partition coefficient (Wildman–Crippen LogP) is 4.31. The van der Waals surface area contributed by atoms with E-state index in [2.05, 4.69) is 4.90 Å². The van der Waals surface area contributed by atoms with E-state index >= 15 is 0 Å². The number of methoxy groups -OCH3 is 2. The molecule has 1 aromatic heterocycles. The number of fused-ring (bicyclic) bond motifs is 1. The number of carbonyl (C=O) groups excluding carboxylic acids is 1. The highest BCUT2D eigenvalue weighted by Gasteiger charge is 2.22. The number of aromatic nitrogens is 1. The molecule has 1 amide bonds. The molecule has 0 saturated heterocycles. The fourth-order valence-electron chi connectivity index (χ4n) is 3.18. The van der Waals surface area contributed by atoms with Crippen LogP contribution in [-0.4, -0.2) is 63.8 Å². The summed E-state index contributed by atoms with van der Waals surface area (Å²) in [5.74, 6) is 1.80. The number of nitrogens with zero attached hydrogens (tertiary/aromatic N) is 3. The van der Waals surface area contributed by atoms with Gasteiger partial charge < -0.3 is 19.1 Å².